The van der Waals surface area contributed by atoms with Gasteiger partial charge in [0, 0.05) is 31.2 Å². The van der Waals surface area contributed by atoms with Crippen LogP contribution >= 0.6 is 22.6 Å². The van der Waals surface area contributed by atoms with Crippen molar-refractivity contribution >= 4 is 34.5 Å². The van der Waals surface area contributed by atoms with Crippen molar-refractivity contribution in [3.8, 4) is 40.2 Å². The molecule has 8 rings (SSSR count). The summed E-state index contributed by atoms with van der Waals surface area (Å²) >= 11 is 2.25. The van der Waals surface area contributed by atoms with Gasteiger partial charge in [-0.25, -0.2) is 0 Å². The van der Waals surface area contributed by atoms with Crippen molar-refractivity contribution in [2.45, 2.75) is 63.7 Å². The molecule has 55 heavy (non-hydrogen) atoms. The molecule has 4 aliphatic rings. The van der Waals surface area contributed by atoms with Crippen LogP contribution in [-0.2, 0) is 35.3 Å². The Morgan fingerprint density at radius 3 is 1.87 bits per heavy atom. The first-order valence-corrected chi connectivity index (χ1v) is 19.6. The van der Waals surface area contributed by atoms with Gasteiger partial charge in [0.2, 0.25) is 0 Å². The van der Waals surface area contributed by atoms with Gasteiger partial charge in [-0.3, -0.25) is 0 Å². The van der Waals surface area contributed by atoms with E-state index in [1.807, 2.05) is 74.8 Å². The van der Waals surface area contributed by atoms with Gasteiger partial charge in [0.05, 0.1) is 69.6 Å². The molecule has 4 aromatic rings. The predicted octanol–water partition coefficient (Wildman–Crippen LogP) is 5.06. The number of nitrogens with zero attached hydrogens (tertiary/aromatic N) is 2. The zero-order valence-corrected chi connectivity index (χ0v) is 34.4. The number of carbonyl (C=O) groups is 2. The molecule has 0 saturated carbocycles. The summed E-state index contributed by atoms with van der Waals surface area (Å²) < 4.78 is 32.4. The maximum absolute atomic E-state index is 12.7. The second-order valence-electron chi connectivity index (χ2n) is 15.4. The third-order valence-corrected chi connectivity index (χ3v) is 13.7. The van der Waals surface area contributed by atoms with E-state index in [1.54, 1.807) is 35.2 Å². The first kappa shape index (κ1) is 38.7. The summed E-state index contributed by atoms with van der Waals surface area (Å²) in [4.78, 5) is 25.3. The van der Waals surface area contributed by atoms with Crippen LogP contribution in [0.15, 0.2) is 60.7 Å². The predicted molar refractivity (Wildman–Crippen MR) is 210 cm³/mol. The number of hydrogen-bond donors (Lipinski definition) is 0. The Balaban J connectivity index is 1.52. The summed E-state index contributed by atoms with van der Waals surface area (Å²) in [5, 5.41) is 25.3. The second kappa shape index (κ2) is 14.8. The van der Waals surface area contributed by atoms with Crippen LogP contribution in [-0.4, -0.2) is 81.5 Å². The summed E-state index contributed by atoms with van der Waals surface area (Å²) in [6.45, 7) is 4.56. The number of methoxy groups -OCH3 is 3. The molecule has 0 N–H and O–H groups in total. The number of likely N-dealkylation sites (N-methyl/N-ethyl adjacent to an activating group) is 2. The van der Waals surface area contributed by atoms with E-state index in [0.717, 1.165) is 37.0 Å². The van der Waals surface area contributed by atoms with E-state index in [2.05, 4.69) is 22.6 Å². The smallest absolute Gasteiger partial charge is 0.169 e. The van der Waals surface area contributed by atoms with E-state index in [-0.39, 0.29) is 15.0 Å². The second-order valence-corrected chi connectivity index (χ2v) is 16.5. The van der Waals surface area contributed by atoms with Crippen molar-refractivity contribution in [2.24, 2.45) is 0 Å². The number of carboxylic acids is 2. The summed E-state index contributed by atoms with van der Waals surface area (Å²) in [6, 6.07) is 17.4. The van der Waals surface area contributed by atoms with Gasteiger partial charge in [-0.15, -0.1) is 0 Å². The highest BCUT2D eigenvalue weighted by molar-refractivity contribution is 14.1. The molecule has 12 heteroatoms. The van der Waals surface area contributed by atoms with Crippen LogP contribution in [0, 0.1) is 3.57 Å². The Morgan fingerprint density at radius 2 is 1.25 bits per heavy atom. The highest BCUT2D eigenvalue weighted by atomic mass is 127. The normalized spacial score (nSPS) is 23.8. The Hall–Kier alpha value is -4.53. The molecule has 0 saturated heterocycles. The number of fused-ring (bicyclic) bond motifs is 2. The number of hydrogen-bond acceptors (Lipinski definition) is 9. The van der Waals surface area contributed by atoms with Crippen molar-refractivity contribution in [3.63, 3.8) is 0 Å². The molecule has 0 aliphatic carbocycles. The number of carbonyl (C=O) groups excluding carboxylic acids is 2. The molecule has 0 amide bonds. The minimum atomic E-state index is -1.13. The molecule has 6 atom stereocenters. The third-order valence-electron chi connectivity index (χ3n) is 12.7. The van der Waals surface area contributed by atoms with E-state index >= 15 is 0 Å². The maximum Gasteiger partial charge on any atom is 0.169 e. The number of rotatable bonds is 7. The summed E-state index contributed by atoms with van der Waals surface area (Å²) in [7, 11) is 8.80. The van der Waals surface area contributed by atoms with Gasteiger partial charge in [-0.1, -0.05) is 18.2 Å². The van der Waals surface area contributed by atoms with Gasteiger partial charge in [-0.05, 0) is 101 Å². The molecular weight excluding hydrogens is 815 g/mol. The molecule has 0 spiro atoms. The molecule has 4 heterocycles. The van der Waals surface area contributed by atoms with Gasteiger partial charge in [0.15, 0.2) is 28.7 Å². The number of benzene rings is 4. The van der Waals surface area contributed by atoms with Crippen molar-refractivity contribution in [3.05, 3.63) is 97.6 Å². The van der Waals surface area contributed by atoms with Crippen molar-refractivity contribution in [1.29, 1.82) is 0 Å². The summed E-state index contributed by atoms with van der Waals surface area (Å²) in [6.07, 6.45) is 2.20. The highest BCUT2D eigenvalue weighted by Gasteiger charge is 2.47. The fourth-order valence-electron chi connectivity index (χ4n) is 8.87. The lowest BCUT2D eigenvalue weighted by atomic mass is 9.84. The molecule has 6 unspecified atom stereocenters. The van der Waals surface area contributed by atoms with Crippen molar-refractivity contribution < 1.29 is 52.5 Å². The standard InChI is InChI=1S/C43H47IN2O9/c1-24(42(47)48)45(3)16-14-28-21-35(52-6)37-23-31(28)32(45)18-26-8-11-30(12-9-26)54-36-20-27(10-13-34(36)51-5)19-33-39-29(15-17-46(33,4)25(2)43(49)50)22-38(53-7)40(44)41(39)55-37/h8-13,20-25,32-33H,14-19H2,1-7H3. The van der Waals surface area contributed by atoms with Crippen LogP contribution < -0.4 is 33.9 Å². The van der Waals surface area contributed by atoms with Crippen LogP contribution in [0.4, 0.5) is 0 Å². The van der Waals surface area contributed by atoms with Gasteiger partial charge in [0.25, 0.3) is 0 Å². The average molecular weight is 863 g/mol. The fraction of sp³-hybridized carbons (Fsp3) is 0.395. The first-order chi connectivity index (χ1) is 26.2. The van der Waals surface area contributed by atoms with E-state index in [1.165, 1.54) is 0 Å². The number of quaternary nitrogens is 2. The lowest BCUT2D eigenvalue weighted by Crippen LogP contribution is -2.62. The van der Waals surface area contributed by atoms with Gasteiger partial charge >= 0.3 is 0 Å². The van der Waals surface area contributed by atoms with Gasteiger partial charge < -0.3 is 52.5 Å². The Morgan fingerprint density at radius 1 is 0.709 bits per heavy atom. The summed E-state index contributed by atoms with van der Waals surface area (Å²) in [5.41, 5.74) is 5.84. The van der Waals surface area contributed by atoms with Crippen molar-refractivity contribution in [2.75, 3.05) is 48.5 Å². The molecule has 4 aromatic carbocycles. The average Bonchev–Trinajstić information content (AvgIpc) is 3.17. The molecule has 11 nitrogen and oxygen atoms in total. The SMILES string of the molecule is COc1ccc2cc1Oc1ccc(cc1)CC1c3cc(c(OC)cc3CC[N+]1(C)C(C)C(=O)[O-])Oc1c(I)c(OC)cc3c1C(C2)[N+](C)(C(C)C(=O)[O-])CC3. The zero-order valence-electron chi connectivity index (χ0n) is 32.3. The quantitative estimate of drug-likeness (QED) is 0.185. The Labute approximate surface area is 335 Å². The van der Waals surface area contributed by atoms with Crippen LogP contribution in [0.5, 0.6) is 40.2 Å². The lowest BCUT2D eigenvalue weighted by molar-refractivity contribution is -0.956. The molecule has 0 radical (unpaired) electrons. The minimum Gasteiger partial charge on any atom is -0.544 e. The van der Waals surface area contributed by atoms with Crippen molar-refractivity contribution in [1.82, 2.24) is 0 Å². The van der Waals surface area contributed by atoms with E-state index in [0.29, 0.717) is 79.0 Å². The number of carboxylic acid groups (broad SMARTS) is 2. The first-order valence-electron chi connectivity index (χ1n) is 18.6. The zero-order chi connectivity index (χ0) is 39.4. The number of aliphatic carboxylic acids is 2. The molecule has 4 aliphatic heterocycles. The Bertz CT molecular complexity index is 2160. The molecule has 0 aromatic heterocycles. The maximum atomic E-state index is 12.7. The summed E-state index contributed by atoms with van der Waals surface area (Å²) in [5.74, 6) is 1.67. The third kappa shape index (κ3) is 6.75. The van der Waals surface area contributed by atoms with Crippen LogP contribution in [0.25, 0.3) is 0 Å². The molecule has 290 valence electrons. The number of ether oxygens (including phenoxy) is 5. The largest absolute Gasteiger partial charge is 0.544 e. The number of halogens is 1. The van der Waals surface area contributed by atoms with Gasteiger partial charge in [-0.2, -0.15) is 0 Å². The van der Waals surface area contributed by atoms with Gasteiger partial charge in [0.1, 0.15) is 35.7 Å². The minimum absolute atomic E-state index is 0.165. The van der Waals surface area contributed by atoms with E-state index in [4.69, 9.17) is 23.7 Å². The van der Waals surface area contributed by atoms with Crippen LogP contribution in [0.1, 0.15) is 59.3 Å². The monoisotopic (exact) mass is 862 g/mol. The fourth-order valence-corrected chi connectivity index (χ4v) is 9.65. The molecular formula is C43H47IN2O9. The molecule has 0 fully saturated rings. The topological polar surface area (TPSA) is 126 Å². The highest BCUT2D eigenvalue weighted by Crippen LogP contribution is 2.52. The van der Waals surface area contributed by atoms with E-state index < -0.39 is 30.1 Å². The molecule has 6 bridgehead atoms. The Kier molecular flexibility index (Phi) is 10.5. The van der Waals surface area contributed by atoms with Crippen LogP contribution in [0.2, 0.25) is 0 Å². The lowest BCUT2D eigenvalue weighted by Gasteiger charge is -2.50. The van der Waals surface area contributed by atoms with E-state index in [9.17, 15) is 19.8 Å². The van der Waals surface area contributed by atoms with Crippen LogP contribution in [0.3, 0.4) is 0 Å².